The van der Waals surface area contributed by atoms with Crippen molar-refractivity contribution in [2.45, 2.75) is 24.7 Å². The van der Waals surface area contributed by atoms with Crippen LogP contribution in [0.2, 0.25) is 0 Å². The van der Waals surface area contributed by atoms with E-state index in [1.807, 2.05) is 18.2 Å². The molecule has 1 saturated carbocycles. The molecule has 0 spiro atoms. The molecule has 1 aromatic rings. The fourth-order valence-electron chi connectivity index (χ4n) is 1.88. The Morgan fingerprint density at radius 3 is 2.50 bits per heavy atom. The molecule has 0 saturated heterocycles. The smallest absolute Gasteiger partial charge is 0.0991 e. The molecule has 14 heavy (non-hydrogen) atoms. The molecule has 0 heterocycles. The molecular weight excluding hydrogens is 172 g/mol. The molecule has 0 aliphatic heterocycles. The van der Waals surface area contributed by atoms with Gasteiger partial charge in [-0.05, 0) is 37.0 Å². The fraction of sp³-hybridized carbons (Fsp3) is 0.333. The summed E-state index contributed by atoms with van der Waals surface area (Å²) in [5.41, 5.74) is 1.35. The summed E-state index contributed by atoms with van der Waals surface area (Å²) in [6.45, 7) is 0. The molecule has 0 bridgehead atoms. The number of nitriles is 2. The van der Waals surface area contributed by atoms with E-state index in [0.717, 1.165) is 24.8 Å². The second-order valence-electron chi connectivity index (χ2n) is 3.74. The minimum absolute atomic E-state index is 0.299. The van der Waals surface area contributed by atoms with E-state index in [-0.39, 0.29) is 5.41 Å². The zero-order valence-electron chi connectivity index (χ0n) is 7.83. The Morgan fingerprint density at radius 2 is 2.00 bits per heavy atom. The van der Waals surface area contributed by atoms with Crippen molar-refractivity contribution < 1.29 is 0 Å². The average molecular weight is 182 g/mol. The number of benzene rings is 1. The van der Waals surface area contributed by atoms with Gasteiger partial charge in [0.25, 0.3) is 0 Å². The van der Waals surface area contributed by atoms with Crippen LogP contribution in [0.1, 0.15) is 30.4 Å². The molecule has 68 valence electrons. The SMILES string of the molecule is N#Cc1cccc(C2(C#N)CCC2)c1. The van der Waals surface area contributed by atoms with E-state index in [1.54, 1.807) is 6.07 Å². The third-order valence-corrected chi connectivity index (χ3v) is 2.97. The maximum atomic E-state index is 9.12. The first-order valence-electron chi connectivity index (χ1n) is 4.73. The minimum Gasteiger partial charge on any atom is -0.197 e. The lowest BCUT2D eigenvalue weighted by Crippen LogP contribution is -2.32. The van der Waals surface area contributed by atoms with Crippen molar-refractivity contribution in [1.82, 2.24) is 0 Å². The van der Waals surface area contributed by atoms with E-state index in [9.17, 15) is 0 Å². The fourth-order valence-corrected chi connectivity index (χ4v) is 1.88. The Balaban J connectivity index is 2.42. The topological polar surface area (TPSA) is 47.6 Å². The van der Waals surface area contributed by atoms with Crippen LogP contribution in [0.4, 0.5) is 0 Å². The number of nitrogens with zero attached hydrogens (tertiary/aromatic N) is 2. The highest BCUT2D eigenvalue weighted by Crippen LogP contribution is 2.43. The van der Waals surface area contributed by atoms with Gasteiger partial charge in [0.2, 0.25) is 0 Å². The minimum atomic E-state index is -0.299. The molecule has 0 amide bonds. The van der Waals surface area contributed by atoms with Crippen molar-refractivity contribution in [3.8, 4) is 12.1 Å². The summed E-state index contributed by atoms with van der Waals surface area (Å²) in [6, 6.07) is 11.9. The lowest BCUT2D eigenvalue weighted by molar-refractivity contribution is 0.324. The van der Waals surface area contributed by atoms with Crippen molar-refractivity contribution in [2.75, 3.05) is 0 Å². The number of hydrogen-bond donors (Lipinski definition) is 0. The van der Waals surface area contributed by atoms with Gasteiger partial charge in [-0.15, -0.1) is 0 Å². The quantitative estimate of drug-likeness (QED) is 0.669. The summed E-state index contributed by atoms with van der Waals surface area (Å²) in [4.78, 5) is 0. The van der Waals surface area contributed by atoms with Crippen molar-refractivity contribution in [3.63, 3.8) is 0 Å². The maximum absolute atomic E-state index is 9.12. The Hall–Kier alpha value is -1.80. The first-order chi connectivity index (χ1) is 6.80. The van der Waals surface area contributed by atoms with Gasteiger partial charge in [0.05, 0.1) is 23.1 Å². The zero-order chi connectivity index (χ0) is 10.0. The second kappa shape index (κ2) is 3.16. The lowest BCUT2D eigenvalue weighted by atomic mass is 9.65. The van der Waals surface area contributed by atoms with E-state index < -0.39 is 0 Å². The standard InChI is InChI=1S/C12H10N2/c13-8-10-3-1-4-11(7-10)12(9-14)5-2-6-12/h1,3-4,7H,2,5-6H2. The molecule has 0 radical (unpaired) electrons. The van der Waals surface area contributed by atoms with Gasteiger partial charge in [0.15, 0.2) is 0 Å². The molecule has 0 aromatic heterocycles. The summed E-state index contributed by atoms with van der Waals surface area (Å²) >= 11 is 0. The Labute approximate surface area is 83.4 Å². The van der Waals surface area contributed by atoms with Crippen LogP contribution in [0.25, 0.3) is 0 Å². The van der Waals surface area contributed by atoms with E-state index in [1.165, 1.54) is 0 Å². The highest BCUT2D eigenvalue weighted by Gasteiger charge is 2.38. The Bertz CT molecular complexity index is 430. The molecule has 0 unspecified atom stereocenters. The van der Waals surface area contributed by atoms with Crippen LogP contribution in [-0.2, 0) is 5.41 Å². The van der Waals surface area contributed by atoms with Gasteiger partial charge in [-0.25, -0.2) is 0 Å². The summed E-state index contributed by atoms with van der Waals surface area (Å²) in [7, 11) is 0. The molecule has 2 nitrogen and oxygen atoms in total. The van der Waals surface area contributed by atoms with E-state index >= 15 is 0 Å². The number of hydrogen-bond acceptors (Lipinski definition) is 2. The normalized spacial score (nSPS) is 17.6. The lowest BCUT2D eigenvalue weighted by Gasteiger charge is -2.35. The monoisotopic (exact) mass is 182 g/mol. The Morgan fingerprint density at radius 1 is 1.21 bits per heavy atom. The van der Waals surface area contributed by atoms with Crippen LogP contribution < -0.4 is 0 Å². The summed E-state index contributed by atoms with van der Waals surface area (Å²) in [5, 5.41) is 17.9. The van der Waals surface area contributed by atoms with Gasteiger partial charge in [0.1, 0.15) is 0 Å². The second-order valence-corrected chi connectivity index (χ2v) is 3.74. The Kier molecular flexibility index (Phi) is 1.98. The van der Waals surface area contributed by atoms with Crippen molar-refractivity contribution in [3.05, 3.63) is 35.4 Å². The highest BCUT2D eigenvalue weighted by atomic mass is 14.4. The predicted octanol–water partition coefficient (Wildman–Crippen LogP) is 2.50. The maximum Gasteiger partial charge on any atom is 0.0991 e. The molecule has 1 aromatic carbocycles. The molecule has 0 atom stereocenters. The van der Waals surface area contributed by atoms with E-state index in [4.69, 9.17) is 10.5 Å². The van der Waals surface area contributed by atoms with Gasteiger partial charge >= 0.3 is 0 Å². The predicted molar refractivity (Wildman–Crippen MR) is 52.3 cm³/mol. The van der Waals surface area contributed by atoms with Crippen LogP contribution in [0.5, 0.6) is 0 Å². The molecule has 1 aliphatic carbocycles. The van der Waals surface area contributed by atoms with E-state index in [2.05, 4.69) is 12.1 Å². The van der Waals surface area contributed by atoms with Crippen LogP contribution in [0, 0.1) is 22.7 Å². The van der Waals surface area contributed by atoms with Crippen LogP contribution >= 0.6 is 0 Å². The zero-order valence-corrected chi connectivity index (χ0v) is 7.83. The van der Waals surface area contributed by atoms with Crippen LogP contribution in [0.15, 0.2) is 24.3 Å². The largest absolute Gasteiger partial charge is 0.197 e. The summed E-state index contributed by atoms with van der Waals surface area (Å²) in [6.07, 6.45) is 2.97. The molecule has 0 N–H and O–H groups in total. The van der Waals surface area contributed by atoms with Gasteiger partial charge in [0, 0.05) is 0 Å². The molecule has 2 rings (SSSR count). The van der Waals surface area contributed by atoms with Crippen molar-refractivity contribution in [1.29, 1.82) is 10.5 Å². The first-order valence-corrected chi connectivity index (χ1v) is 4.73. The molecule has 1 fully saturated rings. The molecular formula is C12H10N2. The average Bonchev–Trinajstić information content (AvgIpc) is 2.18. The third-order valence-electron chi connectivity index (χ3n) is 2.97. The summed E-state index contributed by atoms with van der Waals surface area (Å²) < 4.78 is 0. The summed E-state index contributed by atoms with van der Waals surface area (Å²) in [5.74, 6) is 0. The van der Waals surface area contributed by atoms with Crippen LogP contribution in [-0.4, -0.2) is 0 Å². The molecule has 2 heteroatoms. The number of rotatable bonds is 1. The van der Waals surface area contributed by atoms with Gasteiger partial charge in [-0.3, -0.25) is 0 Å². The highest BCUT2D eigenvalue weighted by molar-refractivity contribution is 5.41. The van der Waals surface area contributed by atoms with Gasteiger partial charge in [-0.2, -0.15) is 10.5 Å². The van der Waals surface area contributed by atoms with Gasteiger partial charge < -0.3 is 0 Å². The van der Waals surface area contributed by atoms with E-state index in [0.29, 0.717) is 5.56 Å². The first kappa shape index (κ1) is 8.78. The van der Waals surface area contributed by atoms with Gasteiger partial charge in [-0.1, -0.05) is 12.1 Å². The van der Waals surface area contributed by atoms with Crippen molar-refractivity contribution in [2.24, 2.45) is 0 Å². The molecule has 1 aliphatic rings. The van der Waals surface area contributed by atoms with Crippen molar-refractivity contribution >= 4 is 0 Å². The third kappa shape index (κ3) is 1.17. The van der Waals surface area contributed by atoms with Crippen LogP contribution in [0.3, 0.4) is 0 Å².